The van der Waals surface area contributed by atoms with Crippen LogP contribution in [0.1, 0.15) is 19.4 Å². The molecule has 9 heteroatoms. The number of β-amino-alcohol motifs (C(OH)–C–C–N with tert-alkyl or cyclic N) is 1. The lowest BCUT2D eigenvalue weighted by molar-refractivity contribution is -0.138. The number of hydrogen-bond acceptors (Lipinski definition) is 6. The first-order valence-corrected chi connectivity index (χ1v) is 8.48. The second-order valence-electron chi connectivity index (χ2n) is 6.88. The molecule has 0 aliphatic carbocycles. The summed E-state index contributed by atoms with van der Waals surface area (Å²) in [5.74, 6) is 0.0266. The zero-order valence-corrected chi connectivity index (χ0v) is 14.3. The number of nitrogens with zero attached hydrogens (tertiary/aromatic N) is 3. The summed E-state index contributed by atoms with van der Waals surface area (Å²) in [6.45, 7) is 5.06. The average molecular weight is 352 g/mol. The number of hydrogen-bond donors (Lipinski definition) is 2. The van der Waals surface area contributed by atoms with Crippen LogP contribution >= 0.6 is 0 Å². The van der Waals surface area contributed by atoms with Gasteiger partial charge in [0.25, 0.3) is 5.56 Å². The average Bonchev–Trinajstić information content (AvgIpc) is 2.56. The number of carbonyl (C=O) groups excluding carboxylic acids is 1. The first-order valence-electron chi connectivity index (χ1n) is 8.48. The highest BCUT2D eigenvalue weighted by Gasteiger charge is 2.40. The number of aromatic nitrogens is 2. The Morgan fingerprint density at radius 3 is 2.72 bits per heavy atom. The zero-order valence-electron chi connectivity index (χ0n) is 14.3. The van der Waals surface area contributed by atoms with E-state index in [0.717, 1.165) is 0 Å². The van der Waals surface area contributed by atoms with Crippen molar-refractivity contribution in [1.29, 1.82) is 0 Å². The van der Waals surface area contributed by atoms with Crippen molar-refractivity contribution in [3.05, 3.63) is 33.1 Å². The van der Waals surface area contributed by atoms with Gasteiger partial charge in [-0.1, -0.05) is 0 Å². The number of aliphatic hydroxyl groups is 1. The molecule has 3 rings (SSSR count). The van der Waals surface area contributed by atoms with Crippen LogP contribution in [-0.2, 0) is 9.53 Å². The Morgan fingerprint density at radius 2 is 2.08 bits per heavy atom. The smallest absolute Gasteiger partial charge is 0.328 e. The van der Waals surface area contributed by atoms with Crippen LogP contribution in [0.2, 0.25) is 0 Å². The summed E-state index contributed by atoms with van der Waals surface area (Å²) in [6.07, 6.45) is 1.92. The molecule has 3 heterocycles. The molecular weight excluding hydrogens is 328 g/mol. The van der Waals surface area contributed by atoms with Crippen molar-refractivity contribution in [1.82, 2.24) is 19.4 Å². The highest BCUT2D eigenvalue weighted by Crippen LogP contribution is 2.30. The minimum Gasteiger partial charge on any atom is -0.387 e. The first kappa shape index (κ1) is 17.8. The van der Waals surface area contributed by atoms with Crippen LogP contribution in [0.5, 0.6) is 0 Å². The molecule has 2 aliphatic heterocycles. The summed E-state index contributed by atoms with van der Waals surface area (Å²) < 4.78 is 6.61. The van der Waals surface area contributed by atoms with Crippen LogP contribution in [0, 0.1) is 0 Å². The summed E-state index contributed by atoms with van der Waals surface area (Å²) >= 11 is 0. The number of aromatic amines is 1. The Labute approximate surface area is 144 Å². The third-order valence-corrected chi connectivity index (χ3v) is 4.89. The van der Waals surface area contributed by atoms with Gasteiger partial charge >= 0.3 is 5.69 Å². The maximum Gasteiger partial charge on any atom is 0.328 e. The molecule has 9 nitrogen and oxygen atoms in total. The third-order valence-electron chi connectivity index (χ3n) is 4.89. The Hall–Kier alpha value is -1.97. The Kier molecular flexibility index (Phi) is 5.07. The third kappa shape index (κ3) is 4.00. The monoisotopic (exact) mass is 352 g/mol. The van der Waals surface area contributed by atoms with Gasteiger partial charge < -0.3 is 14.7 Å². The fraction of sp³-hybridized carbons (Fsp3) is 0.688. The minimum atomic E-state index is -1.19. The molecule has 0 spiro atoms. The van der Waals surface area contributed by atoms with E-state index in [-0.39, 0.29) is 19.0 Å². The zero-order chi connectivity index (χ0) is 18.0. The number of carbonyl (C=O) groups is 1. The molecular formula is C16H24N4O5. The van der Waals surface area contributed by atoms with Gasteiger partial charge in [-0.05, 0) is 13.3 Å². The number of nitrogens with one attached hydrogen (secondary N) is 1. The number of H-pyrrole nitrogens is 1. The molecule has 25 heavy (non-hydrogen) atoms. The van der Waals surface area contributed by atoms with E-state index in [1.807, 2.05) is 4.90 Å². The molecule has 0 radical (unpaired) electrons. The van der Waals surface area contributed by atoms with E-state index >= 15 is 0 Å². The molecule has 1 amide bonds. The molecule has 0 aromatic carbocycles. The Morgan fingerprint density at radius 1 is 1.36 bits per heavy atom. The van der Waals surface area contributed by atoms with Crippen molar-refractivity contribution in [2.75, 3.05) is 45.9 Å². The summed E-state index contributed by atoms with van der Waals surface area (Å²) in [5, 5.41) is 10.8. The summed E-state index contributed by atoms with van der Waals surface area (Å²) in [6, 6.07) is 0.817. The van der Waals surface area contributed by atoms with Gasteiger partial charge in [0.15, 0.2) is 0 Å². The highest BCUT2D eigenvalue weighted by molar-refractivity contribution is 5.78. The van der Waals surface area contributed by atoms with E-state index in [1.54, 1.807) is 11.8 Å². The van der Waals surface area contributed by atoms with E-state index in [0.29, 0.717) is 39.3 Å². The van der Waals surface area contributed by atoms with E-state index in [9.17, 15) is 19.5 Å². The topological polar surface area (TPSA) is 108 Å². The van der Waals surface area contributed by atoms with Gasteiger partial charge in [-0.3, -0.25) is 24.0 Å². The fourth-order valence-electron chi connectivity index (χ4n) is 3.60. The molecule has 2 atom stereocenters. The molecule has 2 fully saturated rings. The van der Waals surface area contributed by atoms with Gasteiger partial charge in [-0.2, -0.15) is 0 Å². The lowest BCUT2D eigenvalue weighted by Gasteiger charge is -2.43. The van der Waals surface area contributed by atoms with Crippen LogP contribution in [0.4, 0.5) is 0 Å². The molecule has 0 unspecified atom stereocenters. The maximum absolute atomic E-state index is 12.4. The van der Waals surface area contributed by atoms with Crippen LogP contribution < -0.4 is 11.2 Å². The molecule has 1 aromatic rings. The largest absolute Gasteiger partial charge is 0.387 e. The number of amides is 1. The molecule has 2 N–H and O–H groups in total. The van der Waals surface area contributed by atoms with E-state index < -0.39 is 22.9 Å². The quantitative estimate of drug-likeness (QED) is 0.678. The first-order chi connectivity index (χ1) is 11.9. The van der Waals surface area contributed by atoms with Gasteiger partial charge in [0.1, 0.15) is 0 Å². The molecule has 1 aromatic heterocycles. The SMILES string of the molecule is C[C@@]1(O)CN(CC(=O)N2CCOCC2)CC[C@H]1n1ccc(=O)[nH]c1=O. The van der Waals surface area contributed by atoms with Gasteiger partial charge in [-0.25, -0.2) is 4.79 Å². The predicted octanol–water partition coefficient (Wildman–Crippen LogP) is -1.61. The van der Waals surface area contributed by atoms with E-state index in [4.69, 9.17) is 4.74 Å². The van der Waals surface area contributed by atoms with E-state index in [2.05, 4.69) is 4.98 Å². The van der Waals surface area contributed by atoms with Crippen LogP contribution in [0.25, 0.3) is 0 Å². The van der Waals surface area contributed by atoms with E-state index in [1.165, 1.54) is 16.8 Å². The Bertz CT molecular complexity index is 735. The molecule has 2 aliphatic rings. The number of ether oxygens (including phenoxy) is 1. The van der Waals surface area contributed by atoms with Crippen molar-refractivity contribution in [2.24, 2.45) is 0 Å². The normalized spacial score (nSPS) is 28.1. The van der Waals surface area contributed by atoms with Crippen LogP contribution in [0.3, 0.4) is 0 Å². The second-order valence-corrected chi connectivity index (χ2v) is 6.88. The number of piperidine rings is 1. The maximum atomic E-state index is 12.4. The number of rotatable bonds is 3. The Balaban J connectivity index is 1.66. The van der Waals surface area contributed by atoms with Gasteiger partial charge in [0, 0.05) is 38.4 Å². The fourth-order valence-corrected chi connectivity index (χ4v) is 3.60. The molecule has 0 saturated carbocycles. The molecule has 0 bridgehead atoms. The van der Waals surface area contributed by atoms with Crippen molar-refractivity contribution in [2.45, 2.75) is 25.0 Å². The van der Waals surface area contributed by atoms with Gasteiger partial charge in [0.2, 0.25) is 5.91 Å². The lowest BCUT2D eigenvalue weighted by atomic mass is 9.88. The van der Waals surface area contributed by atoms with Crippen molar-refractivity contribution < 1.29 is 14.6 Å². The van der Waals surface area contributed by atoms with Crippen molar-refractivity contribution in [3.8, 4) is 0 Å². The van der Waals surface area contributed by atoms with Gasteiger partial charge in [0.05, 0.1) is 31.4 Å². The van der Waals surface area contributed by atoms with Crippen molar-refractivity contribution >= 4 is 5.91 Å². The predicted molar refractivity (Wildman–Crippen MR) is 89.4 cm³/mol. The van der Waals surface area contributed by atoms with Crippen LogP contribution in [0.15, 0.2) is 21.9 Å². The van der Waals surface area contributed by atoms with Crippen molar-refractivity contribution in [3.63, 3.8) is 0 Å². The number of likely N-dealkylation sites (tertiary alicyclic amines) is 1. The lowest BCUT2D eigenvalue weighted by Crippen LogP contribution is -2.56. The van der Waals surface area contributed by atoms with Gasteiger partial charge in [-0.15, -0.1) is 0 Å². The van der Waals surface area contributed by atoms with Crippen LogP contribution in [-0.4, -0.2) is 81.9 Å². The summed E-state index contributed by atoms with van der Waals surface area (Å²) in [7, 11) is 0. The summed E-state index contributed by atoms with van der Waals surface area (Å²) in [4.78, 5) is 41.5. The number of morpholine rings is 1. The minimum absolute atomic E-state index is 0.0266. The summed E-state index contributed by atoms with van der Waals surface area (Å²) in [5.41, 5.74) is -2.18. The molecule has 2 saturated heterocycles. The standard InChI is InChI=1S/C16H24N4O5/c1-16(24)11-18(10-14(22)19-6-8-25-9-7-19)4-2-12(16)20-5-3-13(21)17-15(20)23/h3,5,12,24H,2,4,6-11H2,1H3,(H,17,21,23)/t12-,16-/m1/s1. The highest BCUT2D eigenvalue weighted by atomic mass is 16.5. The molecule has 138 valence electrons. The second kappa shape index (κ2) is 7.11.